The number of carbonyl (C=O) groups is 5. The highest BCUT2D eigenvalue weighted by Gasteiger charge is 2.45. The Morgan fingerprint density at radius 1 is 0.894 bits per heavy atom. The van der Waals surface area contributed by atoms with Crippen LogP contribution in [-0.4, -0.2) is 137 Å². The topological polar surface area (TPSA) is 199 Å². The summed E-state index contributed by atoms with van der Waals surface area (Å²) < 4.78 is 49.7. The van der Waals surface area contributed by atoms with Gasteiger partial charge in [-0.25, -0.2) is 13.8 Å². The van der Waals surface area contributed by atoms with Crippen LogP contribution < -0.4 is 16.0 Å². The number of imide groups is 2. The van der Waals surface area contributed by atoms with Crippen molar-refractivity contribution < 1.29 is 47.0 Å². The summed E-state index contributed by atoms with van der Waals surface area (Å²) in [7, 11) is 0. The second-order valence-electron chi connectivity index (χ2n) is 16.6. The van der Waals surface area contributed by atoms with Gasteiger partial charge >= 0.3 is 0 Å². The number of fused-ring (bicyclic) bond motifs is 2. The van der Waals surface area contributed by atoms with Crippen LogP contribution in [0.25, 0.3) is 33.4 Å². The van der Waals surface area contributed by atoms with Crippen LogP contribution in [0.15, 0.2) is 67.1 Å². The summed E-state index contributed by atoms with van der Waals surface area (Å²) in [6, 6.07) is 12.0. The van der Waals surface area contributed by atoms with E-state index in [2.05, 4.69) is 26.0 Å². The minimum Gasteiger partial charge on any atom is -0.382 e. The summed E-state index contributed by atoms with van der Waals surface area (Å²) in [5, 5.41) is 13.2. The molecule has 0 saturated carbocycles. The van der Waals surface area contributed by atoms with E-state index >= 15 is 8.78 Å². The Morgan fingerprint density at radius 3 is 2.44 bits per heavy atom. The number of carbonyl (C=O) groups excluding carboxylic acids is 5. The van der Waals surface area contributed by atoms with E-state index < -0.39 is 41.3 Å². The molecule has 3 N–H and O–H groups in total. The van der Waals surface area contributed by atoms with Gasteiger partial charge < -0.3 is 29.7 Å². The van der Waals surface area contributed by atoms with Gasteiger partial charge in [-0.05, 0) is 55.2 Å². The Morgan fingerprint density at radius 2 is 1.67 bits per heavy atom. The van der Waals surface area contributed by atoms with Gasteiger partial charge in [-0.15, -0.1) is 0 Å². The second-order valence-corrected chi connectivity index (χ2v) is 16.6. The van der Waals surface area contributed by atoms with Crippen molar-refractivity contribution in [3.05, 3.63) is 95.4 Å². The van der Waals surface area contributed by atoms with Crippen molar-refractivity contribution in [1.82, 2.24) is 40.2 Å². The van der Waals surface area contributed by atoms with Gasteiger partial charge in [0.1, 0.15) is 17.7 Å². The van der Waals surface area contributed by atoms with Gasteiger partial charge in [-0.1, -0.05) is 18.2 Å². The molecule has 4 aliphatic rings. The van der Waals surface area contributed by atoms with Crippen molar-refractivity contribution in [3.63, 3.8) is 0 Å². The summed E-state index contributed by atoms with van der Waals surface area (Å²) in [6.07, 6.45) is 6.93. The summed E-state index contributed by atoms with van der Waals surface area (Å²) >= 11 is 0. The number of piperidine rings is 2. The zero-order valence-electron chi connectivity index (χ0n) is 36.1. The van der Waals surface area contributed by atoms with Gasteiger partial charge in [-0.3, -0.25) is 43.9 Å². The first kappa shape index (κ1) is 44.7. The fourth-order valence-corrected chi connectivity index (χ4v) is 8.95. The number of benzene rings is 3. The van der Waals surface area contributed by atoms with Crippen molar-refractivity contribution >= 4 is 46.3 Å². The molecule has 5 amide bonds. The number of para-hydroxylation sites is 1. The zero-order chi connectivity index (χ0) is 45.7. The molecule has 3 fully saturated rings. The molecule has 19 heteroatoms. The maximum absolute atomic E-state index is 15.4. The Kier molecular flexibility index (Phi) is 13.5. The predicted molar refractivity (Wildman–Crippen MR) is 235 cm³/mol. The zero-order valence-corrected chi connectivity index (χ0v) is 36.1. The molecule has 0 aliphatic carbocycles. The number of anilines is 1. The van der Waals surface area contributed by atoms with Crippen molar-refractivity contribution in [1.29, 1.82) is 0 Å². The van der Waals surface area contributed by atoms with Crippen LogP contribution in [-0.2, 0) is 35.0 Å². The first-order valence-corrected chi connectivity index (χ1v) is 22.3. The van der Waals surface area contributed by atoms with Crippen LogP contribution in [0.2, 0.25) is 0 Å². The number of amides is 5. The molecule has 66 heavy (non-hydrogen) atoms. The SMILES string of the molecule is O=C1CCC(N2C(=O)c3cccc(NCCOCCOCCC(=O)N4CCC(n5cc(-c6cnc7cccc(-c8cc(F)c(CC9CNCCO9)c(F)c8)c7n6)cn5)CC4)c3C2=O)C(=O)N1. The Balaban J connectivity index is 0.699. The van der Waals surface area contributed by atoms with Crippen LogP contribution in [0.5, 0.6) is 0 Å². The van der Waals surface area contributed by atoms with E-state index in [1.165, 1.54) is 18.2 Å². The van der Waals surface area contributed by atoms with Gasteiger partial charge in [0, 0.05) is 74.1 Å². The first-order chi connectivity index (χ1) is 32.1. The van der Waals surface area contributed by atoms with E-state index in [-0.39, 0.29) is 86.9 Å². The fourth-order valence-electron chi connectivity index (χ4n) is 8.95. The molecule has 3 saturated heterocycles. The van der Waals surface area contributed by atoms with Gasteiger partial charge in [0.05, 0.1) is 91.8 Å². The number of hydrogen-bond acceptors (Lipinski definition) is 13. The molecule has 6 heterocycles. The van der Waals surface area contributed by atoms with Crippen molar-refractivity contribution in [2.24, 2.45) is 0 Å². The Hall–Kier alpha value is -6.54. The molecule has 0 radical (unpaired) electrons. The number of nitrogens with one attached hydrogen (secondary N) is 3. The monoisotopic (exact) mass is 905 g/mol. The Bertz CT molecular complexity index is 2640. The number of hydrogen-bond donors (Lipinski definition) is 3. The van der Waals surface area contributed by atoms with E-state index in [0.29, 0.717) is 85.7 Å². The molecule has 5 aromatic rings. The summed E-state index contributed by atoms with van der Waals surface area (Å²) in [6.45, 7) is 4.33. The molecule has 17 nitrogen and oxygen atoms in total. The van der Waals surface area contributed by atoms with E-state index in [4.69, 9.17) is 19.2 Å². The largest absolute Gasteiger partial charge is 0.382 e. The molecule has 344 valence electrons. The maximum atomic E-state index is 15.4. The highest BCUT2D eigenvalue weighted by molar-refractivity contribution is 6.25. The van der Waals surface area contributed by atoms with Gasteiger partial charge in [0.15, 0.2) is 0 Å². The van der Waals surface area contributed by atoms with E-state index in [0.717, 1.165) is 10.5 Å². The van der Waals surface area contributed by atoms with Crippen LogP contribution in [0.1, 0.15) is 64.4 Å². The van der Waals surface area contributed by atoms with Crippen LogP contribution >= 0.6 is 0 Å². The molecule has 2 aromatic heterocycles. The first-order valence-electron chi connectivity index (χ1n) is 22.3. The van der Waals surface area contributed by atoms with Crippen LogP contribution in [0, 0.1) is 11.6 Å². The van der Waals surface area contributed by atoms with E-state index in [1.807, 2.05) is 21.8 Å². The quantitative estimate of drug-likeness (QED) is 0.0947. The third-order valence-corrected chi connectivity index (χ3v) is 12.4. The Labute approximate surface area is 378 Å². The number of aromatic nitrogens is 4. The predicted octanol–water partition coefficient (Wildman–Crippen LogP) is 4.07. The van der Waals surface area contributed by atoms with Gasteiger partial charge in [0.25, 0.3) is 11.8 Å². The number of morpholine rings is 1. The van der Waals surface area contributed by atoms with Crippen LogP contribution in [0.4, 0.5) is 14.5 Å². The number of halogens is 2. The number of rotatable bonds is 16. The smallest absolute Gasteiger partial charge is 0.264 e. The van der Waals surface area contributed by atoms with Gasteiger partial charge in [0.2, 0.25) is 17.7 Å². The molecular formula is C47H49F2N9O8. The molecular weight excluding hydrogens is 857 g/mol. The molecule has 3 aromatic carbocycles. The standard InChI is InChI=1S/C47H49F2N9O8/c48-35-21-28(22-36(49)34(35)23-31-25-50-12-18-66-31)32-3-1-6-38-44(32)54-39(26-52-38)29-24-53-57(27-29)30-9-14-56(15-10-30)42(60)11-16-64-19-20-65-17-13-51-37-5-2-4-33-43(37)47(63)58(46(33)62)40-7-8-41(59)55-45(40)61/h1-6,21-22,24,26-27,30-31,40,50-51H,7-20,23,25H2,(H,55,59,61). The second kappa shape index (κ2) is 19.9. The lowest BCUT2D eigenvalue weighted by Crippen LogP contribution is -2.54. The highest BCUT2D eigenvalue weighted by atomic mass is 19.1. The lowest BCUT2D eigenvalue weighted by molar-refractivity contribution is -0.136. The maximum Gasteiger partial charge on any atom is 0.264 e. The lowest BCUT2D eigenvalue weighted by atomic mass is 9.98. The molecule has 9 rings (SSSR count). The molecule has 0 spiro atoms. The summed E-state index contributed by atoms with van der Waals surface area (Å²) in [4.78, 5) is 75.6. The van der Waals surface area contributed by atoms with E-state index in [1.54, 1.807) is 36.7 Å². The van der Waals surface area contributed by atoms with Gasteiger partial charge in [-0.2, -0.15) is 5.10 Å². The van der Waals surface area contributed by atoms with E-state index in [9.17, 15) is 24.0 Å². The lowest BCUT2D eigenvalue weighted by Gasteiger charge is -2.32. The average Bonchev–Trinajstić information content (AvgIpc) is 3.92. The third-order valence-electron chi connectivity index (χ3n) is 12.4. The highest BCUT2D eigenvalue weighted by Crippen LogP contribution is 2.34. The average molecular weight is 906 g/mol. The fraction of sp³-hybridized carbons (Fsp3) is 0.404. The number of nitrogens with zero attached hydrogens (tertiary/aromatic N) is 6. The number of ether oxygens (including phenoxy) is 3. The number of likely N-dealkylation sites (tertiary alicyclic amines) is 1. The molecule has 0 bridgehead atoms. The van der Waals surface area contributed by atoms with Crippen molar-refractivity contribution in [2.75, 3.05) is 71.1 Å². The molecule has 4 aliphatic heterocycles. The normalized spacial score (nSPS) is 19.1. The van der Waals surface area contributed by atoms with Crippen molar-refractivity contribution in [3.8, 4) is 22.4 Å². The summed E-state index contributed by atoms with van der Waals surface area (Å²) in [5.41, 5.74) is 4.17. The molecule has 2 unspecified atom stereocenters. The van der Waals surface area contributed by atoms with Crippen molar-refractivity contribution in [2.45, 2.75) is 56.7 Å². The summed E-state index contributed by atoms with van der Waals surface area (Å²) in [5.74, 6) is -3.51. The van der Waals surface area contributed by atoms with Crippen LogP contribution in [0.3, 0.4) is 0 Å². The minimum absolute atomic E-state index is 0.00171. The minimum atomic E-state index is -1.04. The third kappa shape index (κ3) is 9.55. The molecule has 2 atom stereocenters.